The van der Waals surface area contributed by atoms with Crippen LogP contribution in [-0.2, 0) is 14.3 Å². The Hall–Kier alpha value is -1.26. The number of carbonyl (C=O) groups is 2. The van der Waals surface area contributed by atoms with Crippen LogP contribution in [0.1, 0.15) is 32.1 Å². The highest BCUT2D eigenvalue weighted by Gasteiger charge is 2.30. The van der Waals surface area contributed by atoms with Crippen molar-refractivity contribution in [2.24, 2.45) is 0 Å². The molecule has 0 amide bonds. The minimum absolute atomic E-state index is 0.0328. The molecule has 0 heterocycles. The topological polar surface area (TPSA) is 165 Å². The molecule has 6 N–H and O–H groups in total. The number of rotatable bonds is 12. The van der Waals surface area contributed by atoms with E-state index in [1.807, 2.05) is 0 Å². The number of carboxylic acid groups (broad SMARTS) is 1. The number of unbranched alkanes of at least 4 members (excludes halogenated alkanes) is 2. The van der Waals surface area contributed by atoms with E-state index in [0.717, 1.165) is 0 Å². The van der Waals surface area contributed by atoms with Crippen molar-refractivity contribution in [3.8, 4) is 0 Å². The van der Waals surface area contributed by atoms with Gasteiger partial charge in [0.25, 0.3) is 0 Å². The van der Waals surface area contributed by atoms with E-state index < -0.39 is 49.6 Å². The van der Waals surface area contributed by atoms with Crippen LogP contribution in [0.4, 0.5) is 0 Å². The Kier molecular flexibility index (Phi) is 10.7. The Balaban J connectivity index is 3.86. The minimum atomic E-state index is -1.77. The number of hydrogen-bond acceptors (Lipinski definition) is 8. The van der Waals surface area contributed by atoms with E-state index in [1.54, 1.807) is 0 Å². The molecule has 0 unspecified atom stereocenters. The number of carboxylic acids is 1. The highest BCUT2D eigenvalue weighted by molar-refractivity contribution is 5.69. The minimum Gasteiger partial charge on any atom is -0.481 e. The Bertz CT molecular complexity index is 333. The maximum atomic E-state index is 11.3. The Labute approximate surface area is 127 Å². The van der Waals surface area contributed by atoms with Gasteiger partial charge in [0.1, 0.15) is 31.0 Å². The average Bonchev–Trinajstić information content (AvgIpc) is 2.49. The third-order valence-corrected chi connectivity index (χ3v) is 3.01. The first-order valence-corrected chi connectivity index (χ1v) is 7.00. The second-order valence-corrected chi connectivity index (χ2v) is 4.94. The fourth-order valence-corrected chi connectivity index (χ4v) is 1.63. The molecule has 0 saturated carbocycles. The van der Waals surface area contributed by atoms with Crippen LogP contribution in [-0.4, -0.2) is 80.2 Å². The van der Waals surface area contributed by atoms with Gasteiger partial charge < -0.3 is 35.4 Å². The molecule has 0 aromatic carbocycles. The van der Waals surface area contributed by atoms with Gasteiger partial charge in [-0.3, -0.25) is 9.59 Å². The zero-order valence-corrected chi connectivity index (χ0v) is 12.2. The van der Waals surface area contributed by atoms with Crippen molar-refractivity contribution in [1.82, 2.24) is 0 Å². The number of ether oxygens (including phenoxy) is 1. The first kappa shape index (κ1) is 20.7. The number of aliphatic hydroxyl groups excluding tert-OH is 5. The van der Waals surface area contributed by atoms with Crippen molar-refractivity contribution < 1.29 is 45.0 Å². The fraction of sp³-hybridized carbons (Fsp3) is 0.846. The summed E-state index contributed by atoms with van der Waals surface area (Å²) in [5.41, 5.74) is 0. The summed E-state index contributed by atoms with van der Waals surface area (Å²) in [5.74, 6) is -1.53. The predicted octanol–water partition coefficient (Wildman–Crippen LogP) is -2.00. The van der Waals surface area contributed by atoms with Crippen LogP contribution in [0.3, 0.4) is 0 Å². The lowest BCUT2D eigenvalue weighted by Gasteiger charge is -2.25. The smallest absolute Gasteiger partial charge is 0.305 e. The summed E-state index contributed by atoms with van der Waals surface area (Å²) < 4.78 is 4.70. The maximum Gasteiger partial charge on any atom is 0.305 e. The van der Waals surface area contributed by atoms with Crippen LogP contribution in [0.25, 0.3) is 0 Å². The van der Waals surface area contributed by atoms with Crippen LogP contribution in [0.15, 0.2) is 0 Å². The Morgan fingerprint density at radius 2 is 1.41 bits per heavy atom. The van der Waals surface area contributed by atoms with Crippen molar-refractivity contribution in [2.45, 2.75) is 56.5 Å². The zero-order chi connectivity index (χ0) is 17.1. The normalized spacial score (nSPS) is 16.6. The summed E-state index contributed by atoms with van der Waals surface area (Å²) in [6, 6.07) is 0. The lowest BCUT2D eigenvalue weighted by atomic mass is 10.0. The van der Waals surface area contributed by atoms with E-state index in [1.165, 1.54) is 0 Å². The molecule has 0 radical (unpaired) electrons. The molecule has 0 aliphatic rings. The summed E-state index contributed by atoms with van der Waals surface area (Å²) in [6.45, 7) is -1.36. The molecule has 0 aliphatic carbocycles. The largest absolute Gasteiger partial charge is 0.481 e. The van der Waals surface area contributed by atoms with Gasteiger partial charge in [0.15, 0.2) is 0 Å². The molecule has 0 aromatic heterocycles. The summed E-state index contributed by atoms with van der Waals surface area (Å²) in [6.07, 6.45) is -5.24. The highest BCUT2D eigenvalue weighted by Crippen LogP contribution is 2.07. The number of esters is 1. The van der Waals surface area contributed by atoms with Crippen molar-refractivity contribution in [1.29, 1.82) is 0 Å². The lowest BCUT2D eigenvalue weighted by Crippen LogP contribution is -2.47. The second-order valence-electron chi connectivity index (χ2n) is 4.94. The quantitative estimate of drug-likeness (QED) is 0.176. The maximum absolute atomic E-state index is 11.3. The fourth-order valence-electron chi connectivity index (χ4n) is 1.63. The Morgan fingerprint density at radius 1 is 0.864 bits per heavy atom. The molecule has 0 bridgehead atoms. The molecular formula is C13H24O9. The molecule has 0 spiro atoms. The van der Waals surface area contributed by atoms with Gasteiger partial charge in [-0.25, -0.2) is 0 Å². The van der Waals surface area contributed by atoms with Gasteiger partial charge in [-0.1, -0.05) is 6.42 Å². The standard InChI is InChI=1S/C13H24O9/c14-6-8(15)12(20)13(21)9(16)7-22-11(19)5-3-1-2-4-10(17)18/h8-9,12-16,20-21H,1-7H2,(H,17,18)/t8-,9-,12-,13-/m1/s1. The average molecular weight is 324 g/mol. The van der Waals surface area contributed by atoms with Crippen LogP contribution in [0, 0.1) is 0 Å². The summed E-state index contributed by atoms with van der Waals surface area (Å²) in [4.78, 5) is 21.6. The molecule has 0 fully saturated rings. The van der Waals surface area contributed by atoms with Crippen LogP contribution >= 0.6 is 0 Å². The Morgan fingerprint density at radius 3 is 1.95 bits per heavy atom. The van der Waals surface area contributed by atoms with E-state index in [-0.39, 0.29) is 12.8 Å². The van der Waals surface area contributed by atoms with Crippen molar-refractivity contribution in [2.75, 3.05) is 13.2 Å². The zero-order valence-electron chi connectivity index (χ0n) is 12.2. The number of hydrogen-bond donors (Lipinski definition) is 6. The van der Waals surface area contributed by atoms with E-state index in [2.05, 4.69) is 0 Å². The van der Waals surface area contributed by atoms with Gasteiger partial charge in [0.05, 0.1) is 6.61 Å². The van der Waals surface area contributed by atoms with Gasteiger partial charge >= 0.3 is 11.9 Å². The van der Waals surface area contributed by atoms with Gasteiger partial charge in [-0.15, -0.1) is 0 Å². The van der Waals surface area contributed by atoms with Crippen LogP contribution < -0.4 is 0 Å². The molecule has 0 aliphatic heterocycles. The molecule has 9 heteroatoms. The number of aliphatic hydroxyl groups is 5. The molecule has 22 heavy (non-hydrogen) atoms. The van der Waals surface area contributed by atoms with Crippen molar-refractivity contribution in [3.63, 3.8) is 0 Å². The van der Waals surface area contributed by atoms with Crippen molar-refractivity contribution >= 4 is 11.9 Å². The second kappa shape index (κ2) is 11.3. The molecule has 130 valence electrons. The highest BCUT2D eigenvalue weighted by atomic mass is 16.5. The van der Waals surface area contributed by atoms with Gasteiger partial charge in [-0.2, -0.15) is 0 Å². The summed E-state index contributed by atoms with van der Waals surface area (Å²) in [5, 5.41) is 54.5. The first-order valence-electron chi connectivity index (χ1n) is 7.00. The monoisotopic (exact) mass is 324 g/mol. The molecule has 0 aromatic rings. The molecule has 0 saturated heterocycles. The first-order chi connectivity index (χ1) is 10.3. The van der Waals surface area contributed by atoms with E-state index in [4.69, 9.17) is 20.1 Å². The molecule has 9 nitrogen and oxygen atoms in total. The summed E-state index contributed by atoms with van der Waals surface area (Å²) >= 11 is 0. The van der Waals surface area contributed by atoms with Crippen LogP contribution in [0.2, 0.25) is 0 Å². The van der Waals surface area contributed by atoms with Gasteiger partial charge in [0.2, 0.25) is 0 Å². The van der Waals surface area contributed by atoms with Crippen molar-refractivity contribution in [3.05, 3.63) is 0 Å². The van der Waals surface area contributed by atoms with Crippen LogP contribution in [0.5, 0.6) is 0 Å². The van der Waals surface area contributed by atoms with E-state index in [9.17, 15) is 24.9 Å². The van der Waals surface area contributed by atoms with E-state index >= 15 is 0 Å². The third-order valence-electron chi connectivity index (χ3n) is 3.01. The van der Waals surface area contributed by atoms with E-state index in [0.29, 0.717) is 19.3 Å². The number of aliphatic carboxylic acids is 1. The summed E-state index contributed by atoms with van der Waals surface area (Å²) in [7, 11) is 0. The predicted molar refractivity (Wildman–Crippen MR) is 72.8 cm³/mol. The van der Waals surface area contributed by atoms with Gasteiger partial charge in [0, 0.05) is 12.8 Å². The lowest BCUT2D eigenvalue weighted by molar-refractivity contribution is -0.156. The molecular weight excluding hydrogens is 300 g/mol. The molecule has 0 rings (SSSR count). The third kappa shape index (κ3) is 8.90. The SMILES string of the molecule is O=C(O)CCCCCC(=O)OC[C@@H](O)[C@@H](O)[C@H](O)[C@H](O)CO. The van der Waals surface area contributed by atoms with Gasteiger partial charge in [-0.05, 0) is 12.8 Å². The molecule has 4 atom stereocenters. The number of carbonyl (C=O) groups excluding carboxylic acids is 1.